The zero-order valence-electron chi connectivity index (χ0n) is 11.0. The molecule has 2 N–H and O–H groups in total. The standard InChI is InChI=1S/C13H24N4/c1-16(9-12-8-15-10-17(12)2)13-6-4-3-5-11(13)7-14/h8,10-11,13H,3-7,9,14H2,1-2H3. The molecule has 17 heavy (non-hydrogen) atoms. The minimum Gasteiger partial charge on any atom is -0.337 e. The Kier molecular flexibility index (Phi) is 4.18. The predicted molar refractivity (Wildman–Crippen MR) is 69.5 cm³/mol. The Labute approximate surface area is 104 Å². The molecule has 0 bridgehead atoms. The third-order valence-corrected chi connectivity index (χ3v) is 4.07. The number of aryl methyl sites for hydroxylation is 1. The molecule has 0 saturated heterocycles. The Bertz CT molecular complexity index is 347. The lowest BCUT2D eigenvalue weighted by Crippen LogP contribution is -2.42. The Balaban J connectivity index is 1.98. The van der Waals surface area contributed by atoms with Gasteiger partial charge in [0.1, 0.15) is 0 Å². The van der Waals surface area contributed by atoms with Gasteiger partial charge >= 0.3 is 0 Å². The van der Waals surface area contributed by atoms with Crippen LogP contribution in [-0.2, 0) is 13.6 Å². The van der Waals surface area contributed by atoms with Gasteiger partial charge in [0.25, 0.3) is 0 Å². The fourth-order valence-electron chi connectivity index (χ4n) is 2.95. The maximum atomic E-state index is 5.89. The highest BCUT2D eigenvalue weighted by atomic mass is 15.2. The van der Waals surface area contributed by atoms with Gasteiger partial charge in [-0.25, -0.2) is 4.98 Å². The topological polar surface area (TPSA) is 47.1 Å². The van der Waals surface area contributed by atoms with Gasteiger partial charge in [-0.2, -0.15) is 0 Å². The van der Waals surface area contributed by atoms with Crippen LogP contribution in [0.1, 0.15) is 31.4 Å². The van der Waals surface area contributed by atoms with Crippen molar-refractivity contribution >= 4 is 0 Å². The van der Waals surface area contributed by atoms with E-state index in [4.69, 9.17) is 5.73 Å². The van der Waals surface area contributed by atoms with Gasteiger partial charge < -0.3 is 10.3 Å². The molecule has 1 saturated carbocycles. The third-order valence-electron chi connectivity index (χ3n) is 4.07. The quantitative estimate of drug-likeness (QED) is 0.859. The first-order valence-corrected chi connectivity index (χ1v) is 6.58. The maximum absolute atomic E-state index is 5.89. The number of hydrogen-bond donors (Lipinski definition) is 1. The van der Waals surface area contributed by atoms with Crippen LogP contribution in [0.3, 0.4) is 0 Å². The first-order chi connectivity index (χ1) is 8.22. The molecule has 0 aromatic carbocycles. The molecule has 2 unspecified atom stereocenters. The highest BCUT2D eigenvalue weighted by molar-refractivity contribution is 4.98. The molecular formula is C13H24N4. The second kappa shape index (κ2) is 5.65. The van der Waals surface area contributed by atoms with Crippen LogP contribution < -0.4 is 5.73 Å². The first-order valence-electron chi connectivity index (χ1n) is 6.58. The first kappa shape index (κ1) is 12.6. The fraction of sp³-hybridized carbons (Fsp3) is 0.769. The van der Waals surface area contributed by atoms with E-state index in [0.717, 1.165) is 13.1 Å². The van der Waals surface area contributed by atoms with Crippen molar-refractivity contribution in [2.75, 3.05) is 13.6 Å². The Hall–Kier alpha value is -0.870. The molecule has 2 atom stereocenters. The average molecular weight is 236 g/mol. The van der Waals surface area contributed by atoms with Gasteiger partial charge in [-0.15, -0.1) is 0 Å². The Morgan fingerprint density at radius 3 is 2.88 bits per heavy atom. The molecule has 4 heteroatoms. The molecule has 1 heterocycles. The number of nitrogens with zero attached hydrogens (tertiary/aromatic N) is 3. The van der Waals surface area contributed by atoms with Gasteiger partial charge in [-0.05, 0) is 32.4 Å². The van der Waals surface area contributed by atoms with Crippen LogP contribution in [0.25, 0.3) is 0 Å². The number of nitrogens with two attached hydrogens (primary N) is 1. The molecule has 1 aliphatic carbocycles. The zero-order chi connectivity index (χ0) is 12.3. The maximum Gasteiger partial charge on any atom is 0.0945 e. The van der Waals surface area contributed by atoms with E-state index in [2.05, 4.69) is 28.5 Å². The third kappa shape index (κ3) is 2.87. The van der Waals surface area contributed by atoms with E-state index < -0.39 is 0 Å². The smallest absolute Gasteiger partial charge is 0.0945 e. The van der Waals surface area contributed by atoms with Gasteiger partial charge in [0.05, 0.1) is 12.0 Å². The average Bonchev–Trinajstić information content (AvgIpc) is 2.75. The van der Waals surface area contributed by atoms with E-state index in [0.29, 0.717) is 12.0 Å². The number of aromatic nitrogens is 2. The summed E-state index contributed by atoms with van der Waals surface area (Å²) in [6, 6.07) is 0.642. The van der Waals surface area contributed by atoms with Crippen molar-refractivity contribution in [3.8, 4) is 0 Å². The minimum absolute atomic E-state index is 0.642. The lowest BCUT2D eigenvalue weighted by atomic mass is 9.83. The number of hydrogen-bond acceptors (Lipinski definition) is 3. The van der Waals surface area contributed by atoms with Crippen LogP contribution in [-0.4, -0.2) is 34.1 Å². The highest BCUT2D eigenvalue weighted by Crippen LogP contribution is 2.27. The summed E-state index contributed by atoms with van der Waals surface area (Å²) in [4.78, 5) is 6.62. The molecule has 1 fully saturated rings. The molecular weight excluding hydrogens is 212 g/mol. The second-order valence-corrected chi connectivity index (χ2v) is 5.26. The number of imidazole rings is 1. The molecule has 2 rings (SSSR count). The van der Waals surface area contributed by atoms with Gasteiger partial charge in [0.2, 0.25) is 0 Å². The normalized spacial score (nSPS) is 25.4. The number of rotatable bonds is 4. The molecule has 0 spiro atoms. The summed E-state index contributed by atoms with van der Waals surface area (Å²) < 4.78 is 2.09. The van der Waals surface area contributed by atoms with Crippen LogP contribution >= 0.6 is 0 Å². The summed E-state index contributed by atoms with van der Waals surface area (Å²) in [6.07, 6.45) is 9.09. The van der Waals surface area contributed by atoms with E-state index in [1.54, 1.807) is 0 Å². The van der Waals surface area contributed by atoms with E-state index in [1.807, 2.05) is 12.5 Å². The summed E-state index contributed by atoms with van der Waals surface area (Å²) in [5.74, 6) is 0.668. The van der Waals surface area contributed by atoms with Crippen LogP contribution in [0, 0.1) is 5.92 Å². The molecule has 0 radical (unpaired) electrons. The van der Waals surface area contributed by atoms with Crippen LogP contribution in [0.5, 0.6) is 0 Å². The summed E-state index contributed by atoms with van der Waals surface area (Å²) in [5, 5.41) is 0. The van der Waals surface area contributed by atoms with Gasteiger partial charge in [-0.3, -0.25) is 4.90 Å². The van der Waals surface area contributed by atoms with Crippen molar-refractivity contribution in [1.82, 2.24) is 14.5 Å². The van der Waals surface area contributed by atoms with Crippen LogP contribution in [0.4, 0.5) is 0 Å². The van der Waals surface area contributed by atoms with Gasteiger partial charge in [0.15, 0.2) is 0 Å². The fourth-order valence-corrected chi connectivity index (χ4v) is 2.95. The molecule has 1 aromatic rings. The highest BCUT2D eigenvalue weighted by Gasteiger charge is 2.27. The van der Waals surface area contributed by atoms with Crippen LogP contribution in [0.15, 0.2) is 12.5 Å². The lowest BCUT2D eigenvalue weighted by molar-refractivity contribution is 0.125. The van der Waals surface area contributed by atoms with Crippen molar-refractivity contribution in [3.63, 3.8) is 0 Å². The van der Waals surface area contributed by atoms with Crippen LogP contribution in [0.2, 0.25) is 0 Å². The minimum atomic E-state index is 0.642. The lowest BCUT2D eigenvalue weighted by Gasteiger charge is -2.37. The monoisotopic (exact) mass is 236 g/mol. The van der Waals surface area contributed by atoms with Crippen molar-refractivity contribution in [1.29, 1.82) is 0 Å². The molecule has 0 amide bonds. The van der Waals surface area contributed by atoms with E-state index >= 15 is 0 Å². The van der Waals surface area contributed by atoms with E-state index in [-0.39, 0.29) is 0 Å². The largest absolute Gasteiger partial charge is 0.337 e. The van der Waals surface area contributed by atoms with Gasteiger partial charge in [-0.1, -0.05) is 12.8 Å². The predicted octanol–water partition coefficient (Wildman–Crippen LogP) is 1.37. The van der Waals surface area contributed by atoms with E-state index in [1.165, 1.54) is 31.4 Å². The second-order valence-electron chi connectivity index (χ2n) is 5.26. The van der Waals surface area contributed by atoms with Crippen molar-refractivity contribution in [2.24, 2.45) is 18.7 Å². The zero-order valence-corrected chi connectivity index (χ0v) is 11.0. The van der Waals surface area contributed by atoms with Gasteiger partial charge in [0, 0.05) is 25.8 Å². The summed E-state index contributed by atoms with van der Waals surface area (Å²) in [6.45, 7) is 1.79. The van der Waals surface area contributed by atoms with Crippen molar-refractivity contribution in [2.45, 2.75) is 38.3 Å². The summed E-state index contributed by atoms with van der Waals surface area (Å²) >= 11 is 0. The van der Waals surface area contributed by atoms with Crippen molar-refractivity contribution < 1.29 is 0 Å². The molecule has 1 aliphatic rings. The molecule has 1 aromatic heterocycles. The Morgan fingerprint density at radius 1 is 1.47 bits per heavy atom. The van der Waals surface area contributed by atoms with Crippen molar-refractivity contribution in [3.05, 3.63) is 18.2 Å². The SMILES string of the molecule is CN(Cc1cncn1C)C1CCCCC1CN. The molecule has 0 aliphatic heterocycles. The van der Waals surface area contributed by atoms with E-state index in [9.17, 15) is 0 Å². The molecule has 96 valence electrons. The summed E-state index contributed by atoms with van der Waals surface area (Å²) in [5.41, 5.74) is 7.16. The summed E-state index contributed by atoms with van der Waals surface area (Å²) in [7, 11) is 4.27. The Morgan fingerprint density at radius 2 is 2.24 bits per heavy atom. The molecule has 4 nitrogen and oxygen atoms in total.